The minimum atomic E-state index is 0.522. The quantitative estimate of drug-likeness (QED) is 0.672. The van der Waals surface area contributed by atoms with Crippen LogP contribution in [0, 0.1) is 0 Å². The van der Waals surface area contributed by atoms with Crippen molar-refractivity contribution in [3.05, 3.63) is 40.8 Å². The lowest BCUT2D eigenvalue weighted by molar-refractivity contribution is 0.492. The molecule has 0 radical (unpaired) electrons. The second-order valence-electron chi connectivity index (χ2n) is 4.27. The zero-order chi connectivity index (χ0) is 13.6. The Balaban J connectivity index is 1.40. The summed E-state index contributed by atoms with van der Waals surface area (Å²) in [4.78, 5) is 2.98. The van der Waals surface area contributed by atoms with E-state index < -0.39 is 0 Å². The molecule has 3 aromatic heterocycles. The maximum atomic E-state index is 5.22. The van der Waals surface area contributed by atoms with Crippen molar-refractivity contribution in [2.45, 2.75) is 13.0 Å². The second-order valence-corrected chi connectivity index (χ2v) is 5.30. The predicted octanol–water partition coefficient (Wildman–Crippen LogP) is 1.83. The first-order valence-electron chi connectivity index (χ1n) is 6.46. The van der Waals surface area contributed by atoms with Crippen molar-refractivity contribution in [2.24, 2.45) is 0 Å². The Kier molecular flexibility index (Phi) is 4.19. The van der Waals surface area contributed by atoms with E-state index >= 15 is 0 Å². The Morgan fingerprint density at radius 2 is 2.25 bits per heavy atom. The molecule has 0 fully saturated rings. The second kappa shape index (κ2) is 6.44. The summed E-state index contributed by atoms with van der Waals surface area (Å²) in [6.07, 6.45) is 2.66. The van der Waals surface area contributed by atoms with Gasteiger partial charge in [-0.25, -0.2) is 0 Å². The van der Waals surface area contributed by atoms with E-state index in [2.05, 4.69) is 38.2 Å². The van der Waals surface area contributed by atoms with E-state index in [0.717, 1.165) is 19.5 Å². The molecule has 6 nitrogen and oxygen atoms in total. The molecule has 0 amide bonds. The van der Waals surface area contributed by atoms with Crippen LogP contribution in [0.5, 0.6) is 0 Å². The number of nitrogens with zero attached hydrogens (tertiary/aromatic N) is 4. The summed E-state index contributed by atoms with van der Waals surface area (Å²) in [6.45, 7) is 2.47. The zero-order valence-electron chi connectivity index (χ0n) is 10.9. The Hall–Kier alpha value is -1.99. The summed E-state index contributed by atoms with van der Waals surface area (Å²) in [5.74, 6) is 1.16. The van der Waals surface area contributed by atoms with E-state index in [4.69, 9.17) is 4.42 Å². The van der Waals surface area contributed by atoms with Crippen LogP contribution in [-0.4, -0.2) is 33.3 Å². The molecule has 3 rings (SSSR count). The van der Waals surface area contributed by atoms with E-state index in [9.17, 15) is 0 Å². The van der Waals surface area contributed by atoms with Crippen LogP contribution in [0.3, 0.4) is 0 Å². The van der Waals surface area contributed by atoms with Gasteiger partial charge in [0.25, 0.3) is 0 Å². The monoisotopic (exact) mass is 289 g/mol. The van der Waals surface area contributed by atoms with Gasteiger partial charge in [-0.3, -0.25) is 0 Å². The summed E-state index contributed by atoms with van der Waals surface area (Å²) in [6, 6.07) is 7.86. The van der Waals surface area contributed by atoms with Gasteiger partial charge in [-0.2, -0.15) is 4.80 Å². The molecule has 104 valence electrons. The van der Waals surface area contributed by atoms with Gasteiger partial charge in [0.1, 0.15) is 0 Å². The highest BCUT2D eigenvalue weighted by Crippen LogP contribution is 2.12. The molecule has 0 atom stereocenters. The van der Waals surface area contributed by atoms with Crippen LogP contribution in [-0.2, 0) is 13.0 Å². The van der Waals surface area contributed by atoms with Gasteiger partial charge in [0.2, 0.25) is 5.82 Å². The molecule has 0 saturated carbocycles. The van der Waals surface area contributed by atoms with Crippen LogP contribution in [0.2, 0.25) is 0 Å². The van der Waals surface area contributed by atoms with E-state index in [1.807, 2.05) is 12.1 Å². The lowest BCUT2D eigenvalue weighted by Gasteiger charge is -2.02. The first-order chi connectivity index (χ1) is 9.92. The highest BCUT2D eigenvalue weighted by atomic mass is 32.1. The van der Waals surface area contributed by atoms with Gasteiger partial charge in [0.05, 0.1) is 12.8 Å². The average Bonchev–Trinajstić information content (AvgIpc) is 3.21. The Morgan fingerprint density at radius 3 is 3.05 bits per heavy atom. The Labute approximate surface area is 120 Å². The third kappa shape index (κ3) is 3.31. The van der Waals surface area contributed by atoms with Crippen LogP contribution in [0.4, 0.5) is 0 Å². The van der Waals surface area contributed by atoms with Crippen molar-refractivity contribution in [3.63, 3.8) is 0 Å². The highest BCUT2D eigenvalue weighted by molar-refractivity contribution is 7.09. The van der Waals surface area contributed by atoms with Crippen molar-refractivity contribution in [3.8, 4) is 11.6 Å². The molecule has 1 N–H and O–H groups in total. The van der Waals surface area contributed by atoms with E-state index in [1.165, 1.54) is 4.88 Å². The van der Waals surface area contributed by atoms with Gasteiger partial charge in [-0.05, 0) is 35.2 Å². The highest BCUT2D eigenvalue weighted by Gasteiger charge is 2.07. The Bertz CT molecular complexity index is 617. The first kappa shape index (κ1) is 13.0. The standard InChI is InChI=1S/C13H15N5OS/c1-4-12(19-9-1)13-15-17-18(16-13)8-7-14-6-5-11-3-2-10-20-11/h1-4,9-10,14H,5-8H2. The van der Waals surface area contributed by atoms with Crippen LogP contribution in [0.15, 0.2) is 40.3 Å². The molecular formula is C13H15N5OS. The number of rotatable bonds is 7. The van der Waals surface area contributed by atoms with Gasteiger partial charge in [0.15, 0.2) is 5.76 Å². The summed E-state index contributed by atoms with van der Waals surface area (Å²) in [5, 5.41) is 17.7. The first-order valence-corrected chi connectivity index (χ1v) is 7.34. The largest absolute Gasteiger partial charge is 0.461 e. The fraction of sp³-hybridized carbons (Fsp3) is 0.308. The normalized spacial score (nSPS) is 11.0. The minimum absolute atomic E-state index is 0.522. The van der Waals surface area contributed by atoms with Gasteiger partial charge in [-0.15, -0.1) is 21.5 Å². The molecule has 0 aliphatic carbocycles. The molecule has 0 aromatic carbocycles. The summed E-state index contributed by atoms with van der Waals surface area (Å²) < 4.78 is 5.22. The fourth-order valence-electron chi connectivity index (χ4n) is 1.81. The van der Waals surface area contributed by atoms with Gasteiger partial charge < -0.3 is 9.73 Å². The number of hydrogen-bond acceptors (Lipinski definition) is 6. The van der Waals surface area contributed by atoms with Crippen molar-refractivity contribution in [2.75, 3.05) is 13.1 Å². The minimum Gasteiger partial charge on any atom is -0.461 e. The number of aromatic nitrogens is 4. The van der Waals surface area contributed by atoms with E-state index in [-0.39, 0.29) is 0 Å². The molecule has 0 aliphatic rings. The number of thiophene rings is 1. The predicted molar refractivity (Wildman–Crippen MR) is 76.4 cm³/mol. The summed E-state index contributed by atoms with van der Waals surface area (Å²) in [7, 11) is 0. The molecule has 3 heterocycles. The smallest absolute Gasteiger partial charge is 0.240 e. The van der Waals surface area contributed by atoms with Gasteiger partial charge in [0, 0.05) is 18.0 Å². The fourth-order valence-corrected chi connectivity index (χ4v) is 2.52. The van der Waals surface area contributed by atoms with Crippen LogP contribution < -0.4 is 5.32 Å². The molecule has 0 aliphatic heterocycles. The number of hydrogen-bond donors (Lipinski definition) is 1. The molecule has 7 heteroatoms. The lowest BCUT2D eigenvalue weighted by atomic mass is 10.3. The van der Waals surface area contributed by atoms with Crippen molar-refractivity contribution in [1.29, 1.82) is 0 Å². The number of nitrogens with one attached hydrogen (secondary N) is 1. The maximum Gasteiger partial charge on any atom is 0.240 e. The number of tetrazole rings is 1. The van der Waals surface area contributed by atoms with Crippen molar-refractivity contribution in [1.82, 2.24) is 25.5 Å². The van der Waals surface area contributed by atoms with Crippen molar-refractivity contribution >= 4 is 11.3 Å². The number of furan rings is 1. The van der Waals surface area contributed by atoms with Crippen LogP contribution >= 0.6 is 11.3 Å². The van der Waals surface area contributed by atoms with Crippen molar-refractivity contribution < 1.29 is 4.42 Å². The van der Waals surface area contributed by atoms with E-state index in [1.54, 1.807) is 22.4 Å². The molecular weight excluding hydrogens is 274 g/mol. The maximum absolute atomic E-state index is 5.22. The molecule has 3 aromatic rings. The summed E-state index contributed by atoms with van der Waals surface area (Å²) >= 11 is 1.79. The molecule has 0 bridgehead atoms. The lowest BCUT2D eigenvalue weighted by Crippen LogP contribution is -2.23. The van der Waals surface area contributed by atoms with Gasteiger partial charge >= 0.3 is 0 Å². The topological polar surface area (TPSA) is 68.8 Å². The third-order valence-corrected chi connectivity index (χ3v) is 3.75. The SMILES string of the molecule is c1coc(-c2nnn(CCNCCc3cccs3)n2)c1. The molecule has 0 unspecified atom stereocenters. The third-order valence-electron chi connectivity index (χ3n) is 2.81. The van der Waals surface area contributed by atoms with Crippen LogP contribution in [0.1, 0.15) is 4.88 Å². The summed E-state index contributed by atoms with van der Waals surface area (Å²) in [5.41, 5.74) is 0. The average molecular weight is 289 g/mol. The zero-order valence-corrected chi connectivity index (χ0v) is 11.7. The van der Waals surface area contributed by atoms with Crippen LogP contribution in [0.25, 0.3) is 11.6 Å². The Morgan fingerprint density at radius 1 is 1.25 bits per heavy atom. The molecule has 0 spiro atoms. The molecule has 20 heavy (non-hydrogen) atoms. The van der Waals surface area contributed by atoms with E-state index in [0.29, 0.717) is 18.1 Å². The van der Waals surface area contributed by atoms with Gasteiger partial charge in [-0.1, -0.05) is 6.07 Å². The molecule has 0 saturated heterocycles.